The van der Waals surface area contributed by atoms with Gasteiger partial charge in [-0.25, -0.2) is 0 Å². The highest BCUT2D eigenvalue weighted by Gasteiger charge is 2.07. The van der Waals surface area contributed by atoms with Crippen molar-refractivity contribution in [2.45, 2.75) is 13.5 Å². The molecule has 0 bridgehead atoms. The standard InChI is InChI=1S/C27H23ClN2O3/c1-19-9-12-24(13-10-19)30-27(31)18-33-29-16-22-15-23(28)11-14-26(22)32-17-21-7-4-6-20-5-2-3-8-25(20)21/h2-16H,17-18H2,1H3,(H,30,31)/b29-16+. The molecule has 4 aromatic carbocycles. The SMILES string of the molecule is Cc1ccc(NC(=O)CO/N=C/c2cc(Cl)ccc2OCc2cccc3ccccc23)cc1. The Morgan fingerprint density at radius 3 is 2.64 bits per heavy atom. The first-order valence-electron chi connectivity index (χ1n) is 10.5. The zero-order chi connectivity index (χ0) is 23.0. The van der Waals surface area contributed by atoms with Gasteiger partial charge >= 0.3 is 0 Å². The van der Waals surface area contributed by atoms with Crippen molar-refractivity contribution in [2.75, 3.05) is 11.9 Å². The van der Waals surface area contributed by atoms with Crippen LogP contribution in [0.4, 0.5) is 5.69 Å². The molecule has 4 aromatic rings. The Kier molecular flexibility index (Phi) is 7.22. The Morgan fingerprint density at radius 2 is 1.79 bits per heavy atom. The maximum absolute atomic E-state index is 12.0. The number of ether oxygens (including phenoxy) is 1. The Hall–Kier alpha value is -3.83. The van der Waals surface area contributed by atoms with Crippen LogP contribution in [0.2, 0.25) is 5.02 Å². The van der Waals surface area contributed by atoms with Gasteiger partial charge in [-0.1, -0.05) is 76.9 Å². The number of halogens is 1. The Morgan fingerprint density at radius 1 is 1.00 bits per heavy atom. The van der Waals surface area contributed by atoms with E-state index in [0.29, 0.717) is 28.6 Å². The number of oxime groups is 1. The minimum Gasteiger partial charge on any atom is -0.488 e. The van der Waals surface area contributed by atoms with E-state index >= 15 is 0 Å². The van der Waals surface area contributed by atoms with Gasteiger partial charge in [-0.3, -0.25) is 4.79 Å². The third-order valence-electron chi connectivity index (χ3n) is 5.03. The molecule has 0 fully saturated rings. The number of amides is 1. The zero-order valence-electron chi connectivity index (χ0n) is 18.1. The first-order chi connectivity index (χ1) is 16.1. The van der Waals surface area contributed by atoms with Gasteiger partial charge < -0.3 is 14.9 Å². The van der Waals surface area contributed by atoms with Crippen molar-refractivity contribution in [2.24, 2.45) is 5.16 Å². The van der Waals surface area contributed by atoms with Gasteiger partial charge in [0, 0.05) is 16.3 Å². The molecule has 0 aliphatic carbocycles. The van der Waals surface area contributed by atoms with Gasteiger partial charge in [0.1, 0.15) is 12.4 Å². The van der Waals surface area contributed by atoms with E-state index in [1.807, 2.05) is 55.5 Å². The highest BCUT2D eigenvalue weighted by molar-refractivity contribution is 6.30. The Balaban J connectivity index is 1.37. The molecular formula is C27H23ClN2O3. The van der Waals surface area contributed by atoms with Crippen LogP contribution in [0.5, 0.6) is 5.75 Å². The zero-order valence-corrected chi connectivity index (χ0v) is 18.9. The van der Waals surface area contributed by atoms with E-state index in [1.165, 1.54) is 6.21 Å². The van der Waals surface area contributed by atoms with E-state index in [9.17, 15) is 4.79 Å². The topological polar surface area (TPSA) is 59.9 Å². The summed E-state index contributed by atoms with van der Waals surface area (Å²) in [4.78, 5) is 17.2. The van der Waals surface area contributed by atoms with E-state index in [1.54, 1.807) is 18.2 Å². The number of carbonyl (C=O) groups excluding carboxylic acids is 1. The molecular weight excluding hydrogens is 436 g/mol. The lowest BCUT2D eigenvalue weighted by molar-refractivity contribution is -0.120. The summed E-state index contributed by atoms with van der Waals surface area (Å²) in [6, 6.07) is 27.1. The highest BCUT2D eigenvalue weighted by Crippen LogP contribution is 2.25. The number of carbonyl (C=O) groups is 1. The van der Waals surface area contributed by atoms with E-state index in [2.05, 4.69) is 28.7 Å². The fourth-order valence-electron chi connectivity index (χ4n) is 3.35. The third kappa shape index (κ3) is 6.11. The Labute approximate surface area is 197 Å². The van der Waals surface area contributed by atoms with Crippen LogP contribution in [0.25, 0.3) is 10.8 Å². The van der Waals surface area contributed by atoms with Crippen LogP contribution in [0.15, 0.2) is 90.1 Å². The number of nitrogens with one attached hydrogen (secondary N) is 1. The molecule has 0 heterocycles. The number of anilines is 1. The molecule has 6 heteroatoms. The van der Waals surface area contributed by atoms with Crippen LogP contribution in [-0.4, -0.2) is 18.7 Å². The minimum absolute atomic E-state index is 0.211. The van der Waals surface area contributed by atoms with E-state index in [4.69, 9.17) is 21.2 Å². The second kappa shape index (κ2) is 10.7. The van der Waals surface area contributed by atoms with Gasteiger partial charge in [0.25, 0.3) is 5.91 Å². The molecule has 0 saturated carbocycles. The fourth-order valence-corrected chi connectivity index (χ4v) is 3.53. The van der Waals surface area contributed by atoms with Gasteiger partial charge in [-0.05, 0) is 53.6 Å². The van der Waals surface area contributed by atoms with Crippen molar-refractivity contribution in [1.29, 1.82) is 0 Å². The molecule has 166 valence electrons. The van der Waals surface area contributed by atoms with Crippen molar-refractivity contribution in [3.05, 3.63) is 107 Å². The summed E-state index contributed by atoms with van der Waals surface area (Å²) in [6.45, 7) is 2.17. The molecule has 0 atom stereocenters. The van der Waals surface area contributed by atoms with Gasteiger partial charge in [-0.15, -0.1) is 0 Å². The molecule has 1 amide bonds. The van der Waals surface area contributed by atoms with Crippen LogP contribution in [-0.2, 0) is 16.2 Å². The van der Waals surface area contributed by atoms with Crippen molar-refractivity contribution in [1.82, 2.24) is 0 Å². The van der Waals surface area contributed by atoms with E-state index in [0.717, 1.165) is 21.9 Å². The summed E-state index contributed by atoms with van der Waals surface area (Å²) in [6.07, 6.45) is 1.49. The van der Waals surface area contributed by atoms with Crippen molar-refractivity contribution in [3.63, 3.8) is 0 Å². The molecule has 0 radical (unpaired) electrons. The highest BCUT2D eigenvalue weighted by atomic mass is 35.5. The average molecular weight is 459 g/mol. The molecule has 0 aliphatic rings. The average Bonchev–Trinajstić information content (AvgIpc) is 2.83. The number of fused-ring (bicyclic) bond motifs is 1. The van der Waals surface area contributed by atoms with Crippen molar-refractivity contribution < 1.29 is 14.4 Å². The molecule has 0 spiro atoms. The predicted octanol–water partition coefficient (Wildman–Crippen LogP) is 6.37. The molecule has 5 nitrogen and oxygen atoms in total. The van der Waals surface area contributed by atoms with Crippen molar-refractivity contribution >= 4 is 40.2 Å². The molecule has 0 aromatic heterocycles. The summed E-state index contributed by atoms with van der Waals surface area (Å²) < 4.78 is 6.07. The van der Waals surface area contributed by atoms with Gasteiger partial charge in [0.2, 0.25) is 0 Å². The summed E-state index contributed by atoms with van der Waals surface area (Å²) >= 11 is 6.15. The Bertz CT molecular complexity index is 1280. The van der Waals surface area contributed by atoms with Crippen LogP contribution in [0.1, 0.15) is 16.7 Å². The van der Waals surface area contributed by atoms with Crippen LogP contribution in [0.3, 0.4) is 0 Å². The lowest BCUT2D eigenvalue weighted by Crippen LogP contribution is -2.16. The summed E-state index contributed by atoms with van der Waals surface area (Å²) in [5.41, 5.74) is 3.56. The fraction of sp³-hybridized carbons (Fsp3) is 0.111. The van der Waals surface area contributed by atoms with E-state index in [-0.39, 0.29) is 12.5 Å². The molecule has 4 rings (SSSR count). The first kappa shape index (κ1) is 22.4. The van der Waals surface area contributed by atoms with Gasteiger partial charge in [0.05, 0.1) is 6.21 Å². The molecule has 1 N–H and O–H groups in total. The van der Waals surface area contributed by atoms with Crippen LogP contribution < -0.4 is 10.1 Å². The lowest BCUT2D eigenvalue weighted by atomic mass is 10.1. The first-order valence-corrected chi connectivity index (χ1v) is 10.9. The second-order valence-corrected chi connectivity index (χ2v) is 7.97. The maximum atomic E-state index is 12.0. The summed E-state index contributed by atoms with van der Waals surface area (Å²) in [5.74, 6) is 0.318. The lowest BCUT2D eigenvalue weighted by Gasteiger charge is -2.11. The normalized spacial score (nSPS) is 11.0. The molecule has 0 aliphatic heterocycles. The smallest absolute Gasteiger partial charge is 0.265 e. The van der Waals surface area contributed by atoms with Gasteiger partial charge in [-0.2, -0.15) is 0 Å². The van der Waals surface area contributed by atoms with Gasteiger partial charge in [0.15, 0.2) is 6.61 Å². The van der Waals surface area contributed by atoms with Crippen LogP contribution in [0, 0.1) is 6.92 Å². The molecule has 33 heavy (non-hydrogen) atoms. The number of hydrogen-bond acceptors (Lipinski definition) is 4. The number of aryl methyl sites for hydroxylation is 1. The minimum atomic E-state index is -0.297. The summed E-state index contributed by atoms with van der Waals surface area (Å²) in [7, 11) is 0. The quantitative estimate of drug-likeness (QED) is 0.246. The molecule has 0 saturated heterocycles. The number of hydrogen-bond donors (Lipinski definition) is 1. The largest absolute Gasteiger partial charge is 0.488 e. The predicted molar refractivity (Wildman–Crippen MR) is 133 cm³/mol. The third-order valence-corrected chi connectivity index (χ3v) is 5.27. The monoisotopic (exact) mass is 458 g/mol. The number of nitrogens with zero attached hydrogens (tertiary/aromatic N) is 1. The van der Waals surface area contributed by atoms with E-state index < -0.39 is 0 Å². The number of benzene rings is 4. The maximum Gasteiger partial charge on any atom is 0.265 e. The van der Waals surface area contributed by atoms with Crippen molar-refractivity contribution in [3.8, 4) is 5.75 Å². The number of rotatable bonds is 8. The van der Waals surface area contributed by atoms with Crippen LogP contribution >= 0.6 is 11.6 Å². The second-order valence-electron chi connectivity index (χ2n) is 7.53. The summed E-state index contributed by atoms with van der Waals surface area (Å²) in [5, 5.41) is 9.53. The molecule has 0 unspecified atom stereocenters.